The quantitative estimate of drug-likeness (QED) is 0.684. The molecule has 0 aliphatic heterocycles. The first-order chi connectivity index (χ1) is 6.18. The van der Waals surface area contributed by atoms with Crippen LogP contribution in [-0.2, 0) is 4.79 Å². The van der Waals surface area contributed by atoms with Crippen LogP contribution < -0.4 is 5.32 Å². The number of amides is 1. The van der Waals surface area contributed by atoms with E-state index in [0.717, 1.165) is 5.57 Å². The summed E-state index contributed by atoms with van der Waals surface area (Å²) < 4.78 is 0. The van der Waals surface area contributed by atoms with Crippen molar-refractivity contribution in [2.24, 2.45) is 5.92 Å². The molecule has 1 aliphatic rings. The molecule has 0 fully saturated rings. The summed E-state index contributed by atoms with van der Waals surface area (Å²) in [5.74, 6) is 0.488. The molecule has 0 heterocycles. The largest absolute Gasteiger partial charge is 0.352 e. The maximum Gasteiger partial charge on any atom is 0.217 e. The van der Waals surface area contributed by atoms with Gasteiger partial charge in [-0.2, -0.15) is 0 Å². The molecule has 1 unspecified atom stereocenters. The lowest BCUT2D eigenvalue weighted by Crippen LogP contribution is -2.21. The molecule has 13 heavy (non-hydrogen) atoms. The zero-order valence-electron chi connectivity index (χ0n) is 8.08. The fourth-order valence-electron chi connectivity index (χ4n) is 1.09. The van der Waals surface area contributed by atoms with E-state index < -0.39 is 0 Å². The smallest absolute Gasteiger partial charge is 0.217 e. The molecular weight excluding hydrogens is 162 g/mol. The minimum atomic E-state index is 0.00979. The van der Waals surface area contributed by atoms with Crippen LogP contribution in [0.3, 0.4) is 0 Å². The molecule has 1 amide bonds. The zero-order chi connectivity index (χ0) is 9.68. The Morgan fingerprint density at radius 3 is 3.00 bits per heavy atom. The number of hydrogen-bond acceptors (Lipinski definition) is 1. The van der Waals surface area contributed by atoms with Crippen molar-refractivity contribution >= 4 is 5.91 Å². The molecule has 0 aromatic rings. The van der Waals surface area contributed by atoms with Crippen LogP contribution in [0.4, 0.5) is 0 Å². The van der Waals surface area contributed by atoms with Crippen LogP contribution in [0.15, 0.2) is 36.0 Å². The lowest BCUT2D eigenvalue weighted by atomic mass is 10.1. The van der Waals surface area contributed by atoms with Crippen molar-refractivity contribution in [1.82, 2.24) is 5.32 Å². The van der Waals surface area contributed by atoms with Gasteiger partial charge in [-0.25, -0.2) is 0 Å². The van der Waals surface area contributed by atoms with Crippen LogP contribution in [0.5, 0.6) is 0 Å². The van der Waals surface area contributed by atoms with Crippen LogP contribution in [0.25, 0.3) is 0 Å². The fourth-order valence-corrected chi connectivity index (χ4v) is 1.09. The van der Waals surface area contributed by atoms with Crippen LogP contribution in [-0.4, -0.2) is 12.5 Å². The van der Waals surface area contributed by atoms with Gasteiger partial charge in [0.05, 0.1) is 0 Å². The van der Waals surface area contributed by atoms with Crippen LogP contribution >= 0.6 is 0 Å². The van der Waals surface area contributed by atoms with Gasteiger partial charge in [0.15, 0.2) is 0 Å². The zero-order valence-corrected chi connectivity index (χ0v) is 8.08. The molecule has 0 radical (unpaired) electrons. The number of nitrogens with one attached hydrogen (secondary N) is 1. The maximum absolute atomic E-state index is 10.7. The van der Waals surface area contributed by atoms with Crippen LogP contribution in [0, 0.1) is 5.92 Å². The van der Waals surface area contributed by atoms with Crippen molar-refractivity contribution in [3.05, 3.63) is 36.0 Å². The molecule has 1 atom stereocenters. The molecule has 0 bridgehead atoms. The van der Waals surface area contributed by atoms with Crippen molar-refractivity contribution < 1.29 is 4.79 Å². The molecule has 0 spiro atoms. The highest BCUT2D eigenvalue weighted by atomic mass is 16.1. The topological polar surface area (TPSA) is 29.1 Å². The average molecular weight is 177 g/mol. The highest BCUT2D eigenvalue weighted by molar-refractivity contribution is 5.73. The van der Waals surface area contributed by atoms with Gasteiger partial charge in [-0.05, 0) is 11.5 Å². The first-order valence-corrected chi connectivity index (χ1v) is 4.48. The maximum atomic E-state index is 10.7. The van der Waals surface area contributed by atoms with Crippen molar-refractivity contribution in [2.45, 2.75) is 13.8 Å². The molecule has 70 valence electrons. The number of hydrogen-bond donors (Lipinski definition) is 1. The highest BCUT2D eigenvalue weighted by Crippen LogP contribution is 2.08. The van der Waals surface area contributed by atoms with Gasteiger partial charge >= 0.3 is 0 Å². The van der Waals surface area contributed by atoms with E-state index in [1.165, 1.54) is 6.92 Å². The molecule has 1 rings (SSSR count). The summed E-state index contributed by atoms with van der Waals surface area (Å²) in [4.78, 5) is 10.7. The molecule has 0 saturated carbocycles. The standard InChI is InChI=1S/C11H15NO/c1-9-4-3-5-11(7-6-9)8-12-10(2)13/h3-7,9H,8H2,1-2H3,(H,12,13). The number of allylic oxidation sites excluding steroid dienone is 4. The Bertz CT molecular complexity index is 274. The van der Waals surface area contributed by atoms with Crippen molar-refractivity contribution in [3.8, 4) is 0 Å². The second-order valence-corrected chi connectivity index (χ2v) is 3.25. The molecule has 2 heteroatoms. The van der Waals surface area contributed by atoms with Crippen molar-refractivity contribution in [1.29, 1.82) is 0 Å². The summed E-state index contributed by atoms with van der Waals surface area (Å²) in [5, 5.41) is 2.77. The van der Waals surface area contributed by atoms with Gasteiger partial charge in [0.1, 0.15) is 0 Å². The van der Waals surface area contributed by atoms with Gasteiger partial charge in [0.2, 0.25) is 5.91 Å². The first-order valence-electron chi connectivity index (χ1n) is 4.48. The van der Waals surface area contributed by atoms with E-state index in [1.54, 1.807) is 0 Å². The third-order valence-electron chi connectivity index (χ3n) is 1.88. The normalized spacial score (nSPS) is 20.8. The first kappa shape index (κ1) is 9.78. The van der Waals surface area contributed by atoms with Gasteiger partial charge < -0.3 is 5.32 Å². The highest BCUT2D eigenvalue weighted by Gasteiger charge is 1.98. The molecule has 1 N–H and O–H groups in total. The summed E-state index contributed by atoms with van der Waals surface area (Å²) in [6.07, 6.45) is 10.4. The van der Waals surface area contributed by atoms with Gasteiger partial charge in [0.25, 0.3) is 0 Å². The van der Waals surface area contributed by atoms with Gasteiger partial charge in [-0.1, -0.05) is 37.3 Å². The van der Waals surface area contributed by atoms with E-state index in [2.05, 4.69) is 30.5 Å². The molecular formula is C11H15NO. The third-order valence-corrected chi connectivity index (χ3v) is 1.88. The molecule has 0 aromatic carbocycles. The Kier molecular flexibility index (Phi) is 3.50. The lowest BCUT2D eigenvalue weighted by molar-refractivity contribution is -0.118. The van der Waals surface area contributed by atoms with Gasteiger partial charge in [0, 0.05) is 13.5 Å². The summed E-state index contributed by atoms with van der Waals surface area (Å²) in [6.45, 7) is 4.27. The summed E-state index contributed by atoms with van der Waals surface area (Å²) >= 11 is 0. The SMILES string of the molecule is CC(=O)NCC1=CC=CC(C)C=C1. The third kappa shape index (κ3) is 3.74. The Morgan fingerprint density at radius 1 is 1.54 bits per heavy atom. The van der Waals surface area contributed by atoms with Gasteiger partial charge in [-0.3, -0.25) is 4.79 Å². The minimum absolute atomic E-state index is 0.00979. The second-order valence-electron chi connectivity index (χ2n) is 3.25. The lowest BCUT2D eigenvalue weighted by Gasteiger charge is -2.01. The number of rotatable bonds is 2. The monoisotopic (exact) mass is 177 g/mol. The Labute approximate surface area is 79.0 Å². The van der Waals surface area contributed by atoms with Gasteiger partial charge in [-0.15, -0.1) is 0 Å². The predicted molar refractivity (Wildman–Crippen MR) is 54.2 cm³/mol. The van der Waals surface area contributed by atoms with Crippen molar-refractivity contribution in [2.75, 3.05) is 6.54 Å². The predicted octanol–water partition coefficient (Wildman–Crippen LogP) is 1.81. The number of carbonyl (C=O) groups excluding carboxylic acids is 1. The van der Waals surface area contributed by atoms with Crippen LogP contribution in [0.1, 0.15) is 13.8 Å². The fraction of sp³-hybridized carbons (Fsp3) is 0.364. The molecule has 1 aliphatic carbocycles. The average Bonchev–Trinajstić information content (AvgIpc) is 2.27. The molecule has 0 aromatic heterocycles. The summed E-state index contributed by atoms with van der Waals surface area (Å²) in [6, 6.07) is 0. The number of carbonyl (C=O) groups is 1. The Morgan fingerprint density at radius 2 is 2.31 bits per heavy atom. The summed E-state index contributed by atoms with van der Waals surface area (Å²) in [7, 11) is 0. The van der Waals surface area contributed by atoms with E-state index in [9.17, 15) is 4.79 Å². The minimum Gasteiger partial charge on any atom is -0.352 e. The molecule has 2 nitrogen and oxygen atoms in total. The van der Waals surface area contributed by atoms with E-state index >= 15 is 0 Å². The van der Waals surface area contributed by atoms with E-state index in [1.807, 2.05) is 12.2 Å². The Hall–Kier alpha value is -1.31. The van der Waals surface area contributed by atoms with Crippen molar-refractivity contribution in [3.63, 3.8) is 0 Å². The second kappa shape index (κ2) is 4.65. The van der Waals surface area contributed by atoms with E-state index in [4.69, 9.17) is 0 Å². The van der Waals surface area contributed by atoms with E-state index in [0.29, 0.717) is 12.5 Å². The Balaban J connectivity index is 2.51. The molecule has 0 saturated heterocycles. The summed E-state index contributed by atoms with van der Waals surface area (Å²) in [5.41, 5.74) is 1.14. The van der Waals surface area contributed by atoms with Crippen LogP contribution in [0.2, 0.25) is 0 Å². The van der Waals surface area contributed by atoms with E-state index in [-0.39, 0.29) is 5.91 Å².